The third kappa shape index (κ3) is 8.36. The van der Waals surface area contributed by atoms with Gasteiger partial charge < -0.3 is 5.32 Å². The minimum Gasteiger partial charge on any atom is -0.359 e. The van der Waals surface area contributed by atoms with Gasteiger partial charge in [0.15, 0.2) is 0 Å². The highest BCUT2D eigenvalue weighted by molar-refractivity contribution is 5.76. The second-order valence-electron chi connectivity index (χ2n) is 12.3. The number of anilines is 1. The van der Waals surface area contributed by atoms with Gasteiger partial charge in [0.1, 0.15) is 0 Å². The maximum atomic E-state index is 9.42. The van der Waals surface area contributed by atoms with Crippen LogP contribution in [0.25, 0.3) is 5.57 Å². The molecule has 0 bridgehead atoms. The summed E-state index contributed by atoms with van der Waals surface area (Å²) in [6.45, 7) is 13.3. The van der Waals surface area contributed by atoms with Crippen LogP contribution < -0.4 is 5.32 Å². The van der Waals surface area contributed by atoms with Gasteiger partial charge in [-0.15, -0.1) is 0 Å². The summed E-state index contributed by atoms with van der Waals surface area (Å²) in [6.07, 6.45) is 15.1. The summed E-state index contributed by atoms with van der Waals surface area (Å²) in [7, 11) is 0. The Balaban J connectivity index is 1.54. The Morgan fingerprint density at radius 1 is 0.929 bits per heavy atom. The normalized spacial score (nSPS) is 14.4. The van der Waals surface area contributed by atoms with Gasteiger partial charge in [0.2, 0.25) is 0 Å². The molecule has 4 rings (SSSR count). The van der Waals surface area contributed by atoms with Crippen molar-refractivity contribution in [3.05, 3.63) is 130 Å². The van der Waals surface area contributed by atoms with Gasteiger partial charge in [0.25, 0.3) is 0 Å². The highest BCUT2D eigenvalue weighted by atomic mass is 14.9. The van der Waals surface area contributed by atoms with E-state index in [1.54, 1.807) is 0 Å². The quantitative estimate of drug-likeness (QED) is 0.200. The summed E-state index contributed by atoms with van der Waals surface area (Å²) in [6, 6.07) is 27.0. The molecule has 1 atom stereocenters. The number of rotatable bonds is 14. The summed E-state index contributed by atoms with van der Waals surface area (Å²) in [5, 5.41) is 13.0. The molecule has 0 aliphatic heterocycles. The number of benzene rings is 3. The number of nitriles is 1. The van der Waals surface area contributed by atoms with E-state index < -0.39 is 0 Å². The van der Waals surface area contributed by atoms with Gasteiger partial charge in [0.05, 0.1) is 6.07 Å². The molecule has 0 radical (unpaired) electrons. The predicted molar refractivity (Wildman–Crippen MR) is 181 cm³/mol. The zero-order valence-corrected chi connectivity index (χ0v) is 26.2. The van der Waals surface area contributed by atoms with Gasteiger partial charge in [-0.05, 0) is 135 Å². The SMILES string of the molecule is C=C(CCC(CCC)(CCCCc1ccccc1C)c1ccc(C2=CCCC(C#N)=C2)cc1)Nc1cc(C)cc(C)c1. The first-order valence-electron chi connectivity index (χ1n) is 15.8. The fourth-order valence-corrected chi connectivity index (χ4v) is 6.67. The van der Waals surface area contributed by atoms with Crippen molar-refractivity contribution < 1.29 is 0 Å². The van der Waals surface area contributed by atoms with Crippen LogP contribution >= 0.6 is 0 Å². The van der Waals surface area contributed by atoms with Crippen LogP contribution in [0.2, 0.25) is 0 Å². The number of hydrogen-bond acceptors (Lipinski definition) is 2. The Kier molecular flexibility index (Phi) is 11.0. The first kappa shape index (κ1) is 31.1. The van der Waals surface area contributed by atoms with Gasteiger partial charge in [-0.2, -0.15) is 5.26 Å². The van der Waals surface area contributed by atoms with Gasteiger partial charge in [-0.25, -0.2) is 0 Å². The lowest BCUT2D eigenvalue weighted by molar-refractivity contribution is 0.322. The molecule has 1 N–H and O–H groups in total. The number of aryl methyl sites for hydroxylation is 4. The lowest BCUT2D eigenvalue weighted by Gasteiger charge is -2.36. The molecule has 0 fully saturated rings. The lowest BCUT2D eigenvalue weighted by Crippen LogP contribution is -2.27. The minimum absolute atomic E-state index is 0.0980. The van der Waals surface area contributed by atoms with E-state index in [4.69, 9.17) is 0 Å². The monoisotopic (exact) mass is 556 g/mol. The van der Waals surface area contributed by atoms with Gasteiger partial charge >= 0.3 is 0 Å². The first-order chi connectivity index (χ1) is 20.3. The zero-order chi connectivity index (χ0) is 30.0. The molecule has 1 unspecified atom stereocenters. The average molecular weight is 557 g/mol. The van der Waals surface area contributed by atoms with Crippen LogP contribution in [0.5, 0.6) is 0 Å². The largest absolute Gasteiger partial charge is 0.359 e. The molecule has 42 heavy (non-hydrogen) atoms. The van der Waals surface area contributed by atoms with E-state index in [1.165, 1.54) is 58.2 Å². The fourth-order valence-electron chi connectivity index (χ4n) is 6.67. The summed E-state index contributed by atoms with van der Waals surface area (Å²) < 4.78 is 0. The van der Waals surface area contributed by atoms with E-state index in [9.17, 15) is 5.26 Å². The molecule has 2 nitrogen and oxygen atoms in total. The molecule has 0 heterocycles. The van der Waals surface area contributed by atoms with E-state index in [2.05, 4.69) is 125 Å². The number of nitrogens with zero attached hydrogens (tertiary/aromatic N) is 1. The van der Waals surface area contributed by atoms with Gasteiger partial charge in [-0.3, -0.25) is 0 Å². The third-order valence-corrected chi connectivity index (χ3v) is 8.87. The summed E-state index contributed by atoms with van der Waals surface area (Å²) in [5.74, 6) is 0. The molecular weight excluding hydrogens is 508 g/mol. The van der Waals surface area contributed by atoms with Gasteiger partial charge in [-0.1, -0.05) is 87.0 Å². The highest BCUT2D eigenvalue weighted by Gasteiger charge is 2.31. The molecule has 0 saturated heterocycles. The van der Waals surface area contributed by atoms with Crippen molar-refractivity contribution in [2.45, 2.75) is 97.3 Å². The van der Waals surface area contributed by atoms with Crippen LogP contribution in [0.1, 0.15) is 98.1 Å². The summed E-state index contributed by atoms with van der Waals surface area (Å²) in [4.78, 5) is 0. The Labute approximate surface area is 254 Å². The fraction of sp³-hybridized carbons (Fsp3) is 0.375. The molecule has 3 aromatic carbocycles. The molecule has 0 aromatic heterocycles. The highest BCUT2D eigenvalue weighted by Crippen LogP contribution is 2.41. The lowest BCUT2D eigenvalue weighted by atomic mass is 9.69. The first-order valence-corrected chi connectivity index (χ1v) is 15.8. The van der Waals surface area contributed by atoms with E-state index in [1.807, 2.05) is 0 Å². The Hall–Kier alpha value is -3.83. The second kappa shape index (κ2) is 14.9. The topological polar surface area (TPSA) is 35.8 Å². The van der Waals surface area contributed by atoms with Crippen molar-refractivity contribution >= 4 is 11.3 Å². The molecule has 0 amide bonds. The molecule has 0 saturated carbocycles. The molecule has 2 heteroatoms. The van der Waals surface area contributed by atoms with E-state index in [-0.39, 0.29) is 5.41 Å². The van der Waals surface area contributed by atoms with Crippen molar-refractivity contribution in [2.75, 3.05) is 5.32 Å². The van der Waals surface area contributed by atoms with Crippen LogP contribution in [0, 0.1) is 32.1 Å². The smallest absolute Gasteiger partial charge is 0.0947 e. The molecule has 0 spiro atoms. The Bertz CT molecular complexity index is 1440. The van der Waals surface area contributed by atoms with Crippen LogP contribution in [0.4, 0.5) is 5.69 Å². The molecule has 218 valence electrons. The maximum Gasteiger partial charge on any atom is 0.0947 e. The number of allylic oxidation sites excluding steroid dienone is 5. The van der Waals surface area contributed by atoms with Crippen LogP contribution in [-0.2, 0) is 11.8 Å². The van der Waals surface area contributed by atoms with Crippen molar-refractivity contribution in [1.82, 2.24) is 0 Å². The molecule has 1 aliphatic rings. The number of nitrogens with one attached hydrogen (secondary N) is 1. The second-order valence-corrected chi connectivity index (χ2v) is 12.3. The third-order valence-electron chi connectivity index (χ3n) is 8.87. The van der Waals surface area contributed by atoms with Crippen molar-refractivity contribution in [3.8, 4) is 6.07 Å². The number of unbranched alkanes of at least 4 members (excludes halogenated alkanes) is 1. The molecule has 3 aromatic rings. The minimum atomic E-state index is 0.0980. The summed E-state index contributed by atoms with van der Waals surface area (Å²) >= 11 is 0. The molecule has 1 aliphatic carbocycles. The van der Waals surface area contributed by atoms with Crippen LogP contribution in [0.15, 0.2) is 96.7 Å². The van der Waals surface area contributed by atoms with Crippen molar-refractivity contribution in [1.29, 1.82) is 5.26 Å². The average Bonchev–Trinajstić information content (AvgIpc) is 2.98. The summed E-state index contributed by atoms with van der Waals surface area (Å²) in [5.41, 5.74) is 12.4. The van der Waals surface area contributed by atoms with Crippen molar-refractivity contribution in [3.63, 3.8) is 0 Å². The Morgan fingerprint density at radius 2 is 1.67 bits per heavy atom. The van der Waals surface area contributed by atoms with Crippen LogP contribution in [-0.4, -0.2) is 0 Å². The maximum absolute atomic E-state index is 9.42. The predicted octanol–water partition coefficient (Wildman–Crippen LogP) is 11.1. The zero-order valence-electron chi connectivity index (χ0n) is 26.2. The Morgan fingerprint density at radius 3 is 2.36 bits per heavy atom. The number of hydrogen-bond donors (Lipinski definition) is 1. The van der Waals surface area contributed by atoms with E-state index in [0.717, 1.165) is 61.9 Å². The van der Waals surface area contributed by atoms with Gasteiger partial charge in [0, 0.05) is 17.0 Å². The van der Waals surface area contributed by atoms with Crippen molar-refractivity contribution in [2.24, 2.45) is 0 Å². The molecular formula is C40H48N2. The van der Waals surface area contributed by atoms with E-state index in [0.29, 0.717) is 0 Å². The standard InChI is InChI=1S/C40H48N2/c1-6-22-40(23-10-9-15-35-14-8-7-12-32(35)4,24-21-33(5)42-39-26-30(2)25-31(3)27-39)38-19-17-36(18-20-38)37-16-11-13-34(28-37)29-41/h7-8,12,14,16-20,25-28,42H,5-6,9-11,13,15,21-24H2,1-4H3. The van der Waals surface area contributed by atoms with E-state index >= 15 is 0 Å². The van der Waals surface area contributed by atoms with Crippen LogP contribution in [0.3, 0.4) is 0 Å².